The number of unbranched alkanes of at least 4 members (excludes halogenated alkanes) is 45. The van der Waals surface area contributed by atoms with Crippen molar-refractivity contribution in [1.29, 1.82) is 0 Å². The zero-order valence-electron chi connectivity index (χ0n) is 72.3. The van der Waals surface area contributed by atoms with Gasteiger partial charge in [0.05, 0.1) is 55.4 Å². The minimum Gasteiger partial charge on any atom is -0.490 e. The van der Waals surface area contributed by atoms with Crippen LogP contribution in [-0.2, 0) is 51.2 Å². The van der Waals surface area contributed by atoms with Crippen LogP contribution in [0.2, 0.25) is 0 Å². The number of hydrogen-bond donors (Lipinski definition) is 4. The maximum Gasteiger partial charge on any atom is 0.331 e. The van der Waals surface area contributed by atoms with E-state index in [-0.39, 0.29) is 19.6 Å². The highest BCUT2D eigenvalue weighted by Gasteiger charge is 2.37. The smallest absolute Gasteiger partial charge is 0.331 e. The lowest BCUT2D eigenvalue weighted by molar-refractivity contribution is -0.154. The van der Waals surface area contributed by atoms with Gasteiger partial charge in [0.2, 0.25) is 23.5 Å². The molecule has 15 nitrogen and oxygen atoms in total. The van der Waals surface area contributed by atoms with Crippen LogP contribution in [0.5, 0.6) is 17.2 Å². The van der Waals surface area contributed by atoms with E-state index >= 15 is 0 Å². The Hall–Kier alpha value is -4.44. The zero-order valence-corrected chi connectivity index (χ0v) is 72.3. The Morgan fingerprint density at radius 2 is 0.694 bits per heavy atom. The van der Waals surface area contributed by atoms with E-state index in [0.717, 1.165) is 56.9 Å². The lowest BCUT2D eigenvalue weighted by Gasteiger charge is -2.33. The maximum absolute atomic E-state index is 15.0. The fourth-order valence-corrected chi connectivity index (χ4v) is 14.0. The quantitative estimate of drug-likeness (QED) is 0.0362. The van der Waals surface area contributed by atoms with Crippen LogP contribution < -0.4 is 35.9 Å². The second kappa shape index (κ2) is 63.0. The van der Waals surface area contributed by atoms with Crippen molar-refractivity contribution in [2.45, 2.75) is 471 Å². The summed E-state index contributed by atoms with van der Waals surface area (Å²) >= 11 is 0. The largest absolute Gasteiger partial charge is 0.490 e. The zero-order chi connectivity index (χ0) is 79.4. The first-order valence-corrected chi connectivity index (χ1v) is 44.8. The summed E-state index contributed by atoms with van der Waals surface area (Å²) in [5.41, 5.74) is 5.84. The summed E-state index contributed by atoms with van der Waals surface area (Å²) in [5, 5.41) is 8.67. The number of hydrogen-bond acceptors (Lipinski definition) is 12. The molecule has 0 aromatic heterocycles. The van der Waals surface area contributed by atoms with Crippen molar-refractivity contribution in [3.63, 3.8) is 0 Å². The summed E-state index contributed by atoms with van der Waals surface area (Å²) in [5.74, 6) is -1.00. The van der Waals surface area contributed by atoms with Gasteiger partial charge >= 0.3 is 5.97 Å². The molecule has 626 valence electrons. The maximum atomic E-state index is 15.0. The highest BCUT2D eigenvalue weighted by atomic mass is 16.6. The minimum absolute atomic E-state index is 0.0854. The van der Waals surface area contributed by atoms with E-state index < -0.39 is 76.9 Å². The van der Waals surface area contributed by atoms with Crippen LogP contribution in [0.4, 0.5) is 0 Å². The second-order valence-corrected chi connectivity index (χ2v) is 34.6. The Labute approximate surface area is 662 Å². The minimum atomic E-state index is -1.36. The van der Waals surface area contributed by atoms with Gasteiger partial charge in [0.25, 0.3) is 0 Å². The summed E-state index contributed by atoms with van der Waals surface area (Å²) in [6.07, 6.45) is 60.3. The number of nitrogens with two attached hydrogens (primary N) is 1. The van der Waals surface area contributed by atoms with E-state index in [4.69, 9.17) is 38.9 Å². The number of carbonyl (C=O) groups is 4. The number of rotatable bonds is 71. The van der Waals surface area contributed by atoms with Crippen LogP contribution >= 0.6 is 0 Å². The normalized spacial score (nSPS) is 13.7. The molecular formula is C93H168N4O11. The first-order chi connectivity index (χ1) is 51.9. The van der Waals surface area contributed by atoms with Gasteiger partial charge < -0.3 is 54.8 Å². The molecule has 0 radical (unpaired) electrons. The first-order valence-electron chi connectivity index (χ1n) is 44.8. The fraction of sp³-hybridized carbons (Fsp3) is 0.828. The van der Waals surface area contributed by atoms with Gasteiger partial charge in [-0.3, -0.25) is 14.4 Å². The van der Waals surface area contributed by atoms with Gasteiger partial charge in [-0.1, -0.05) is 340 Å². The molecule has 0 saturated heterocycles. The summed E-state index contributed by atoms with van der Waals surface area (Å²) in [6, 6.07) is 8.15. The third-order valence-electron chi connectivity index (χ3n) is 20.4. The molecule has 0 aliphatic heterocycles. The predicted octanol–water partition coefficient (Wildman–Crippen LogP) is 23.9. The lowest BCUT2D eigenvalue weighted by atomic mass is 10.0. The highest BCUT2D eigenvalue weighted by Crippen LogP contribution is 2.40. The number of nitrogens with one attached hydrogen (secondary N) is 3. The molecule has 0 bridgehead atoms. The van der Waals surface area contributed by atoms with Crippen molar-refractivity contribution in [3.05, 3.63) is 53.6 Å². The Kier molecular flexibility index (Phi) is 58.1. The Bertz CT molecular complexity index is 2450. The van der Waals surface area contributed by atoms with Crippen molar-refractivity contribution in [1.82, 2.24) is 16.0 Å². The molecule has 2 aromatic rings. The van der Waals surface area contributed by atoms with Crippen LogP contribution in [0.1, 0.15) is 416 Å². The number of carbonyl (C=O) groups excluding carboxylic acids is 4. The van der Waals surface area contributed by atoms with Gasteiger partial charge in [-0.2, -0.15) is 0 Å². The van der Waals surface area contributed by atoms with Gasteiger partial charge in [-0.25, -0.2) is 4.79 Å². The highest BCUT2D eigenvalue weighted by molar-refractivity contribution is 5.95. The van der Waals surface area contributed by atoms with E-state index in [1.807, 2.05) is 105 Å². The van der Waals surface area contributed by atoms with E-state index in [1.54, 1.807) is 13.8 Å². The van der Waals surface area contributed by atoms with E-state index in [2.05, 4.69) is 36.7 Å². The number of benzene rings is 2. The van der Waals surface area contributed by atoms with Gasteiger partial charge in [-0.15, -0.1) is 0 Å². The molecule has 0 aliphatic carbocycles. The van der Waals surface area contributed by atoms with E-state index in [9.17, 15) is 19.2 Å². The average molecular weight is 1520 g/mol. The van der Waals surface area contributed by atoms with Crippen LogP contribution in [-0.4, -0.2) is 103 Å². The van der Waals surface area contributed by atoms with Gasteiger partial charge in [0.15, 0.2) is 17.5 Å². The Morgan fingerprint density at radius 1 is 0.370 bits per heavy atom. The molecule has 2 aromatic carbocycles. The molecule has 0 spiro atoms. The first kappa shape index (κ1) is 99.6. The van der Waals surface area contributed by atoms with Crippen LogP contribution in [0.15, 0.2) is 42.5 Å². The summed E-state index contributed by atoms with van der Waals surface area (Å²) in [4.78, 5) is 58.4. The van der Waals surface area contributed by atoms with Crippen LogP contribution in [0.25, 0.3) is 0 Å². The summed E-state index contributed by atoms with van der Waals surface area (Å²) in [7, 11) is 0. The number of amides is 3. The molecule has 0 fully saturated rings. The Balaban J connectivity index is 2.45. The number of ether oxygens (including phenoxy) is 7. The molecule has 15 heteroatoms. The molecule has 0 aliphatic rings. The molecule has 6 atom stereocenters. The molecular weight excluding hydrogens is 1350 g/mol. The van der Waals surface area contributed by atoms with Crippen molar-refractivity contribution in [2.75, 3.05) is 26.4 Å². The molecule has 0 saturated carbocycles. The van der Waals surface area contributed by atoms with E-state index in [0.29, 0.717) is 42.6 Å². The topological polar surface area (TPSA) is 195 Å². The van der Waals surface area contributed by atoms with Gasteiger partial charge in [-0.05, 0) is 119 Å². The average Bonchev–Trinajstić information content (AvgIpc) is 0.827. The molecule has 2 unspecified atom stereocenters. The second-order valence-electron chi connectivity index (χ2n) is 34.6. The van der Waals surface area contributed by atoms with Gasteiger partial charge in [0.1, 0.15) is 24.7 Å². The molecule has 5 N–H and O–H groups in total. The predicted molar refractivity (Wildman–Crippen MR) is 452 cm³/mol. The monoisotopic (exact) mass is 1520 g/mol. The van der Waals surface area contributed by atoms with Crippen molar-refractivity contribution >= 4 is 23.7 Å². The fourth-order valence-electron chi connectivity index (χ4n) is 14.0. The van der Waals surface area contributed by atoms with Gasteiger partial charge in [0, 0.05) is 6.42 Å². The van der Waals surface area contributed by atoms with E-state index in [1.165, 1.54) is 257 Å². The molecule has 3 amide bonds. The molecule has 2 rings (SSSR count). The third-order valence-corrected chi connectivity index (χ3v) is 20.4. The standard InChI is InChI=1S/C93H168N4O11/c1-15-18-21-24-27-30-33-36-39-42-45-48-51-54-57-63-68-102-82-72-79(73-83(103-69-64-58-55-52-49-46-43-40-37-34-31-28-25-22-19-16-2)86(82)104-70-65-59-56-53-50-47-44-41-38-35-32-29-26-23-20-17-3)74-105-90(101)81(75-106-91(6,7)8)96-89(100)85(77(5)108-93(12,13)14)97-87(98)80(71-78-66-61-60-62-67-78)95-88(99)84(94)76(4)107-92(9,10)11/h60-62,66-67,72-73,76-77,80-81,84-85H,15-59,63-65,68-71,74-75,94H2,1-14H3,(H,95,99)(H,96,100)(H,97,98)/t76?,77?,80-,81-,84-,85-/m0/s1. The Morgan fingerprint density at radius 3 is 1.04 bits per heavy atom. The van der Waals surface area contributed by atoms with Crippen molar-refractivity contribution in [2.24, 2.45) is 5.73 Å². The van der Waals surface area contributed by atoms with Crippen molar-refractivity contribution < 1.29 is 52.3 Å². The SMILES string of the molecule is CCCCCCCCCCCCCCCCCCOc1cc(COC(=O)[C@H](COC(C)(C)C)NC(=O)[C@@H](NC(=O)[C@H](Cc2ccccc2)NC(=O)[C@@H](N)C(C)OC(C)(C)C)C(C)OC(C)(C)C)cc(OCCCCCCCCCCCCCCCCCC)c1OCCCCCCCCCCCCCCCCCC. The number of esters is 1. The molecule has 108 heavy (non-hydrogen) atoms. The summed E-state index contributed by atoms with van der Waals surface area (Å²) < 4.78 is 45.2. The third kappa shape index (κ3) is 54.3. The molecule has 0 heterocycles. The van der Waals surface area contributed by atoms with Crippen molar-refractivity contribution in [3.8, 4) is 17.2 Å². The van der Waals surface area contributed by atoms with Crippen LogP contribution in [0.3, 0.4) is 0 Å². The lowest BCUT2D eigenvalue weighted by Crippen LogP contribution is -2.62. The summed E-state index contributed by atoms with van der Waals surface area (Å²) in [6.45, 7) is 28.2. The van der Waals surface area contributed by atoms with Crippen LogP contribution in [0, 0.1) is 0 Å².